The largest absolute Gasteiger partial charge is 0.462 e. The van der Waals surface area contributed by atoms with E-state index in [1.165, 1.54) is 21.0 Å². The van der Waals surface area contributed by atoms with Gasteiger partial charge in [-0.3, -0.25) is 19.2 Å². The summed E-state index contributed by atoms with van der Waals surface area (Å²) in [6.07, 6.45) is -3.06. The van der Waals surface area contributed by atoms with Crippen molar-refractivity contribution in [2.45, 2.75) is 186 Å². The van der Waals surface area contributed by atoms with E-state index < -0.39 is 121 Å². The predicted octanol–water partition coefficient (Wildman–Crippen LogP) is 4.24. The first-order valence-electron chi connectivity index (χ1n) is 21.7. The van der Waals surface area contributed by atoms with Crippen molar-refractivity contribution in [3.63, 3.8) is 0 Å². The molecule has 1 N–H and O–H groups in total. The summed E-state index contributed by atoms with van der Waals surface area (Å²) in [7, 11) is 6.45. The Morgan fingerprint density at radius 1 is 0.952 bits per heavy atom. The van der Waals surface area contributed by atoms with Crippen LogP contribution in [0.5, 0.6) is 0 Å². The summed E-state index contributed by atoms with van der Waals surface area (Å²) in [5.74, 6) is -3.22. The summed E-state index contributed by atoms with van der Waals surface area (Å²) in [6.45, 7) is 15.3. The zero-order chi connectivity index (χ0) is 46.5. The second-order valence-corrected chi connectivity index (χ2v) is 17.7. The fourth-order valence-electron chi connectivity index (χ4n) is 8.60. The highest BCUT2D eigenvalue weighted by atomic mass is 16.7. The van der Waals surface area contributed by atoms with Crippen molar-refractivity contribution in [3.8, 4) is 0 Å². The highest BCUT2D eigenvalue weighted by Gasteiger charge is 2.53. The number of hydrogen-bond donors (Lipinski definition) is 1. The van der Waals surface area contributed by atoms with Gasteiger partial charge in [0.1, 0.15) is 48.5 Å². The van der Waals surface area contributed by atoms with Gasteiger partial charge in [-0.15, -0.1) is 0 Å². The average molecular weight is 884 g/mol. The van der Waals surface area contributed by atoms with Gasteiger partial charge in [-0.1, -0.05) is 39.0 Å². The number of nitrogens with zero attached hydrogens (tertiary/aromatic N) is 1. The van der Waals surface area contributed by atoms with E-state index in [2.05, 4.69) is 0 Å². The van der Waals surface area contributed by atoms with Crippen LogP contribution in [0.3, 0.4) is 0 Å². The van der Waals surface area contributed by atoms with Gasteiger partial charge in [-0.2, -0.15) is 0 Å². The van der Waals surface area contributed by atoms with Crippen LogP contribution >= 0.6 is 0 Å². The van der Waals surface area contributed by atoms with Gasteiger partial charge in [0.05, 0.1) is 30.8 Å². The van der Waals surface area contributed by atoms with Crippen LogP contribution in [0.1, 0.15) is 101 Å². The summed E-state index contributed by atoms with van der Waals surface area (Å²) in [6, 6.07) is -0.763. The Morgan fingerprint density at radius 3 is 2.21 bits per heavy atom. The molecule has 0 aromatic rings. The lowest BCUT2D eigenvalue weighted by atomic mass is 9.82. The number of aliphatic hydroxyl groups is 1. The van der Waals surface area contributed by atoms with Gasteiger partial charge in [0.15, 0.2) is 18.7 Å². The molecule has 3 heterocycles. The number of hydrogen-bond acceptors (Lipinski definition) is 17. The zero-order valence-corrected chi connectivity index (χ0v) is 38.9. The Balaban J connectivity index is 2.04. The van der Waals surface area contributed by atoms with Gasteiger partial charge in [0.2, 0.25) is 0 Å². The maximum absolute atomic E-state index is 13.4. The quantitative estimate of drug-likeness (QED) is 0.147. The summed E-state index contributed by atoms with van der Waals surface area (Å²) >= 11 is 0. The van der Waals surface area contributed by atoms with E-state index in [-0.39, 0.29) is 37.6 Å². The molecule has 3 aliphatic rings. The summed E-state index contributed by atoms with van der Waals surface area (Å²) < 4.78 is 61.1. The molecular formula is C45H73NO16. The molecule has 3 aliphatic heterocycles. The molecule has 0 aliphatic carbocycles. The minimum Gasteiger partial charge on any atom is -0.462 e. The molecule has 0 bridgehead atoms. The van der Waals surface area contributed by atoms with Gasteiger partial charge in [0.25, 0.3) is 0 Å². The minimum absolute atomic E-state index is 0.0932. The first-order chi connectivity index (χ1) is 29.1. The monoisotopic (exact) mass is 883 g/mol. The molecular weight excluding hydrogens is 810 g/mol. The molecule has 16 atom stereocenters. The number of ether oxygens (including phenoxy) is 10. The lowest BCUT2D eigenvalue weighted by Gasteiger charge is -2.51. The van der Waals surface area contributed by atoms with Crippen LogP contribution in [0.2, 0.25) is 0 Å². The van der Waals surface area contributed by atoms with Crippen LogP contribution in [-0.2, 0) is 71.3 Å². The second-order valence-electron chi connectivity index (χ2n) is 17.7. The Bertz CT molecular complexity index is 1520. The van der Waals surface area contributed by atoms with Gasteiger partial charge in [0, 0.05) is 53.8 Å². The third-order valence-electron chi connectivity index (χ3n) is 11.6. The van der Waals surface area contributed by atoms with Crippen molar-refractivity contribution in [1.82, 2.24) is 4.90 Å². The Morgan fingerprint density at radius 2 is 1.63 bits per heavy atom. The lowest BCUT2D eigenvalue weighted by Crippen LogP contribution is -2.66. The molecule has 17 heteroatoms. The highest BCUT2D eigenvalue weighted by molar-refractivity contribution is 5.72. The molecule has 62 heavy (non-hydrogen) atoms. The number of methoxy groups -OCH3 is 2. The maximum atomic E-state index is 13.4. The molecule has 0 radical (unpaired) electrons. The van der Waals surface area contributed by atoms with Crippen molar-refractivity contribution in [2.75, 3.05) is 28.3 Å². The van der Waals surface area contributed by atoms with Gasteiger partial charge < -0.3 is 62.2 Å². The van der Waals surface area contributed by atoms with E-state index in [4.69, 9.17) is 47.4 Å². The SMILES string of the molecule is CO[C@@H]1[C@@H](O[C@@H]2O[C@H](C)[C@@H](O[C@H]3C[C@@](C)(OC)[C@@H](OC(=O)CC(C)C)[C@H](C)O3)[C@H](N(C)C)[C@H]2O)[C@@H](CC=O)C[C@@H](C)[C@@H](OC(C)=O)/C=C/C=C/C[C@@H](C)OC(=O)C[C@H]1OC(C)=O. The molecule has 0 spiro atoms. The fourth-order valence-corrected chi connectivity index (χ4v) is 8.60. The summed E-state index contributed by atoms with van der Waals surface area (Å²) in [4.78, 5) is 65.2. The van der Waals surface area contributed by atoms with E-state index in [9.17, 15) is 29.1 Å². The molecule has 354 valence electrons. The molecule has 0 aromatic heterocycles. The number of allylic oxidation sites excluding steroid dienone is 2. The summed E-state index contributed by atoms with van der Waals surface area (Å²) in [5.41, 5.74) is -0.973. The smallest absolute Gasteiger partial charge is 0.309 e. The molecule has 0 saturated carbocycles. The highest BCUT2D eigenvalue weighted by Crippen LogP contribution is 2.39. The van der Waals surface area contributed by atoms with E-state index in [1.54, 1.807) is 65.1 Å². The number of rotatable bonds is 14. The van der Waals surface area contributed by atoms with Crippen molar-refractivity contribution in [2.24, 2.45) is 17.8 Å². The van der Waals surface area contributed by atoms with Crippen molar-refractivity contribution >= 4 is 30.2 Å². The minimum atomic E-state index is -1.39. The number of aliphatic hydroxyl groups excluding tert-OH is 1. The Hall–Kier alpha value is -3.29. The van der Waals surface area contributed by atoms with Crippen LogP contribution in [-0.4, -0.2) is 154 Å². The second kappa shape index (κ2) is 24.7. The average Bonchev–Trinajstić information content (AvgIpc) is 3.16. The third kappa shape index (κ3) is 15.2. The normalized spacial score (nSPS) is 38.7. The van der Waals surface area contributed by atoms with Gasteiger partial charge in [-0.05, 0) is 72.0 Å². The van der Waals surface area contributed by atoms with Crippen LogP contribution < -0.4 is 0 Å². The number of cyclic esters (lactones) is 1. The number of likely N-dealkylation sites (N-methyl/N-ethyl adjacent to an activating group) is 1. The topological polar surface area (TPSA) is 201 Å². The molecule has 2 saturated heterocycles. The lowest BCUT2D eigenvalue weighted by molar-refractivity contribution is -0.345. The third-order valence-corrected chi connectivity index (χ3v) is 11.6. The molecule has 0 aromatic carbocycles. The molecule has 3 rings (SSSR count). The molecule has 0 amide bonds. The van der Waals surface area contributed by atoms with E-state index >= 15 is 0 Å². The van der Waals surface area contributed by atoms with Crippen molar-refractivity contribution < 1.29 is 76.4 Å². The van der Waals surface area contributed by atoms with Crippen LogP contribution in [0, 0.1) is 17.8 Å². The van der Waals surface area contributed by atoms with Crippen molar-refractivity contribution in [1.29, 1.82) is 0 Å². The van der Waals surface area contributed by atoms with Gasteiger partial charge in [-0.25, -0.2) is 0 Å². The summed E-state index contributed by atoms with van der Waals surface area (Å²) in [5, 5.41) is 12.2. The van der Waals surface area contributed by atoms with E-state index in [1.807, 2.05) is 33.8 Å². The van der Waals surface area contributed by atoms with Gasteiger partial charge >= 0.3 is 23.9 Å². The first kappa shape index (κ1) is 53.1. The maximum Gasteiger partial charge on any atom is 0.309 e. The van der Waals surface area contributed by atoms with Crippen LogP contribution in [0.25, 0.3) is 0 Å². The van der Waals surface area contributed by atoms with Crippen LogP contribution in [0.15, 0.2) is 24.3 Å². The fraction of sp³-hybridized carbons (Fsp3) is 0.800. The van der Waals surface area contributed by atoms with Crippen molar-refractivity contribution in [3.05, 3.63) is 24.3 Å². The molecule has 17 nitrogen and oxygen atoms in total. The number of esters is 4. The van der Waals surface area contributed by atoms with E-state index in [0.717, 1.165) is 6.29 Å². The predicted molar refractivity (Wildman–Crippen MR) is 224 cm³/mol. The molecule has 2 fully saturated rings. The van der Waals surface area contributed by atoms with Crippen LogP contribution in [0.4, 0.5) is 0 Å². The number of aldehydes is 1. The number of carbonyl (C=O) groups excluding carboxylic acids is 5. The Kier molecular flexibility index (Phi) is 21.1. The number of carbonyl (C=O) groups is 5. The first-order valence-corrected chi connectivity index (χ1v) is 21.7. The zero-order valence-electron chi connectivity index (χ0n) is 38.9. The standard InChI is InChI=1S/C45H73NO16/c1-25(2)21-35(50)60-43-29(6)56-37(24-45(43,9)54-13)61-40-28(5)57-44(39(52)38(40)46(10)11)62-41-32(19-20-47)22-26(3)33(58-30(7)48)18-16-14-15-17-27(4)55-36(51)23-34(42(41)53-12)59-31(8)49/h14-16,18,20,25-29,32-34,37-44,52H,17,19,21-24H2,1-13H3/b15-14+,18-16+/t26-,27-,28-,29+,32+,33+,34-,37+,38-,39-,40-,41+,42+,43+,44+,45-/m1/s1. The van der Waals surface area contributed by atoms with E-state index in [0.29, 0.717) is 6.42 Å². The molecule has 0 unspecified atom stereocenters. The Labute approximate surface area is 367 Å².